The first-order valence-electron chi connectivity index (χ1n) is 20.3. The highest BCUT2D eigenvalue weighted by molar-refractivity contribution is 5.71. The highest BCUT2D eigenvalue weighted by Gasteiger charge is 2.22. The van der Waals surface area contributed by atoms with E-state index in [1.54, 1.807) is 0 Å². The van der Waals surface area contributed by atoms with Crippen LogP contribution in [0.15, 0.2) is 24.3 Å². The maximum atomic E-state index is 12.6. The number of carbonyl (C=O) groups is 2. The summed E-state index contributed by atoms with van der Waals surface area (Å²) in [7, 11) is 6.28. The van der Waals surface area contributed by atoms with Gasteiger partial charge in [-0.3, -0.25) is 9.59 Å². The molecule has 0 radical (unpaired) electrons. The average molecular weight is 663 g/mol. The summed E-state index contributed by atoms with van der Waals surface area (Å²) < 4.78 is 12.0. The quantitative estimate of drug-likeness (QED) is 0.0223. The minimum absolute atomic E-state index is 0.247. The van der Waals surface area contributed by atoms with Crippen LogP contribution in [0.1, 0.15) is 200 Å². The summed E-state index contributed by atoms with van der Waals surface area (Å²) in [6.45, 7) is 5.30. The third kappa shape index (κ3) is 37.1. The zero-order chi connectivity index (χ0) is 34.7. The van der Waals surface area contributed by atoms with Crippen molar-refractivity contribution in [2.75, 3.05) is 27.7 Å². The van der Waals surface area contributed by atoms with Gasteiger partial charge in [-0.15, -0.1) is 0 Å². The number of unbranched alkanes of at least 4 members (excludes halogenated alkanes) is 22. The average Bonchev–Trinajstić information content (AvgIpc) is 3.03. The summed E-state index contributed by atoms with van der Waals surface area (Å²) in [4.78, 5) is 25.1. The Morgan fingerprint density at radius 2 is 0.766 bits per heavy atom. The van der Waals surface area contributed by atoms with E-state index in [9.17, 15) is 9.59 Å². The first-order chi connectivity index (χ1) is 22.8. The van der Waals surface area contributed by atoms with Crippen LogP contribution in [0, 0.1) is 0 Å². The molecule has 0 unspecified atom stereocenters. The van der Waals surface area contributed by atoms with Gasteiger partial charge in [0.25, 0.3) is 6.29 Å². The Bertz CT molecular complexity index is 700. The lowest BCUT2D eigenvalue weighted by Crippen LogP contribution is -2.38. The van der Waals surface area contributed by atoms with E-state index in [0.717, 1.165) is 62.4 Å². The summed E-state index contributed by atoms with van der Waals surface area (Å²) in [5.41, 5.74) is 0. The highest BCUT2D eigenvalue weighted by atomic mass is 16.7. The lowest BCUT2D eigenvalue weighted by Gasteiger charge is -2.26. The van der Waals surface area contributed by atoms with Crippen LogP contribution in [0.2, 0.25) is 0 Å². The summed E-state index contributed by atoms with van der Waals surface area (Å²) in [6, 6.07) is 0. The first-order valence-corrected chi connectivity index (χ1v) is 20.3. The van der Waals surface area contributed by atoms with Gasteiger partial charge in [-0.2, -0.15) is 0 Å². The van der Waals surface area contributed by atoms with Crippen molar-refractivity contribution in [3.05, 3.63) is 24.3 Å². The zero-order valence-electron chi connectivity index (χ0n) is 32.2. The summed E-state index contributed by atoms with van der Waals surface area (Å²) in [6.07, 6.45) is 41.9. The molecule has 0 amide bonds. The van der Waals surface area contributed by atoms with Crippen molar-refractivity contribution in [1.29, 1.82) is 0 Å². The normalized spacial score (nSPS) is 12.1. The van der Waals surface area contributed by atoms with Gasteiger partial charge in [0.05, 0.1) is 34.1 Å². The monoisotopic (exact) mass is 663 g/mol. The number of hydrogen-bond donors (Lipinski definition) is 0. The summed E-state index contributed by atoms with van der Waals surface area (Å²) >= 11 is 0. The van der Waals surface area contributed by atoms with E-state index >= 15 is 0 Å². The predicted molar refractivity (Wildman–Crippen MR) is 202 cm³/mol. The Kier molecular flexibility index (Phi) is 33.1. The number of carbonyl (C=O) groups excluding carboxylic acids is 2. The van der Waals surface area contributed by atoms with Gasteiger partial charge in [0, 0.05) is 12.8 Å². The van der Waals surface area contributed by atoms with Crippen LogP contribution >= 0.6 is 0 Å². The number of nitrogens with zero attached hydrogens (tertiary/aromatic N) is 1. The zero-order valence-corrected chi connectivity index (χ0v) is 32.2. The van der Waals surface area contributed by atoms with Gasteiger partial charge < -0.3 is 14.0 Å². The van der Waals surface area contributed by atoms with Crippen LogP contribution in [0.5, 0.6) is 0 Å². The molecule has 0 fully saturated rings. The van der Waals surface area contributed by atoms with E-state index in [1.807, 2.05) is 0 Å². The van der Waals surface area contributed by atoms with Crippen molar-refractivity contribution >= 4 is 11.9 Å². The Balaban J connectivity index is 3.99. The fraction of sp³-hybridized carbons (Fsp3) is 0.857. The van der Waals surface area contributed by atoms with Crippen LogP contribution < -0.4 is 0 Å². The van der Waals surface area contributed by atoms with Gasteiger partial charge >= 0.3 is 11.9 Å². The Morgan fingerprint density at radius 3 is 1.09 bits per heavy atom. The third-order valence-corrected chi connectivity index (χ3v) is 8.85. The number of ether oxygens (including phenoxy) is 2. The maximum absolute atomic E-state index is 12.6. The van der Waals surface area contributed by atoms with Gasteiger partial charge in [0.15, 0.2) is 0 Å². The lowest BCUT2D eigenvalue weighted by atomic mass is 10.1. The molecule has 0 aromatic heterocycles. The molecule has 0 N–H and O–H groups in total. The molecule has 276 valence electrons. The molecule has 0 aliphatic carbocycles. The van der Waals surface area contributed by atoms with Crippen molar-refractivity contribution < 1.29 is 23.5 Å². The molecule has 5 nitrogen and oxygen atoms in total. The van der Waals surface area contributed by atoms with Crippen molar-refractivity contribution in [3.8, 4) is 0 Å². The van der Waals surface area contributed by atoms with Gasteiger partial charge in [0.2, 0.25) is 0 Å². The molecular weight excluding hydrogens is 582 g/mol. The van der Waals surface area contributed by atoms with E-state index in [0.29, 0.717) is 19.3 Å². The van der Waals surface area contributed by atoms with Gasteiger partial charge in [-0.05, 0) is 64.2 Å². The van der Waals surface area contributed by atoms with Crippen LogP contribution in [0.25, 0.3) is 0 Å². The second kappa shape index (κ2) is 34.3. The Labute approximate surface area is 293 Å². The first kappa shape index (κ1) is 45.4. The van der Waals surface area contributed by atoms with Gasteiger partial charge in [0.1, 0.15) is 0 Å². The molecule has 0 aliphatic rings. The molecule has 0 spiro atoms. The summed E-state index contributed by atoms with van der Waals surface area (Å²) in [5.74, 6) is -0.495. The summed E-state index contributed by atoms with van der Waals surface area (Å²) in [5, 5.41) is 0. The van der Waals surface area contributed by atoms with E-state index in [4.69, 9.17) is 9.47 Å². The molecule has 5 heteroatoms. The lowest BCUT2D eigenvalue weighted by molar-refractivity contribution is -0.871. The second-order valence-corrected chi connectivity index (χ2v) is 14.9. The highest BCUT2D eigenvalue weighted by Crippen LogP contribution is 2.15. The van der Waals surface area contributed by atoms with E-state index in [2.05, 4.69) is 59.3 Å². The smallest absolute Gasteiger partial charge is 0.308 e. The molecule has 0 rings (SSSR count). The van der Waals surface area contributed by atoms with Crippen molar-refractivity contribution in [1.82, 2.24) is 0 Å². The molecule has 0 aromatic carbocycles. The van der Waals surface area contributed by atoms with Crippen LogP contribution in [-0.4, -0.2) is 50.4 Å². The largest absolute Gasteiger partial charge is 0.425 e. The number of esters is 2. The standard InChI is InChI=1S/C42H80NO4/c1-6-8-10-12-14-16-18-20-22-24-26-28-30-32-34-36-40(44)46-42(38-39-43(3,4)5)47-41(45)37-35-33-31-29-27-25-23-21-19-17-15-13-11-9-7-2/h20-23,42H,6-19,24-39H2,1-5H3/q+1/b22-20+,23-21+. The topological polar surface area (TPSA) is 52.6 Å². The van der Waals surface area contributed by atoms with Crippen LogP contribution in [0.4, 0.5) is 0 Å². The van der Waals surface area contributed by atoms with Crippen molar-refractivity contribution in [3.63, 3.8) is 0 Å². The fourth-order valence-corrected chi connectivity index (χ4v) is 5.73. The molecule has 0 aromatic rings. The maximum Gasteiger partial charge on any atom is 0.308 e. The van der Waals surface area contributed by atoms with Gasteiger partial charge in [-0.25, -0.2) is 0 Å². The number of hydrogen-bond acceptors (Lipinski definition) is 4. The molecule has 0 saturated heterocycles. The van der Waals surface area contributed by atoms with Crippen LogP contribution in [0.3, 0.4) is 0 Å². The fourth-order valence-electron chi connectivity index (χ4n) is 5.73. The molecule has 0 heterocycles. The number of allylic oxidation sites excluding steroid dienone is 4. The predicted octanol–water partition coefficient (Wildman–Crippen LogP) is 12.6. The van der Waals surface area contributed by atoms with E-state index < -0.39 is 6.29 Å². The Hall–Kier alpha value is -1.62. The third-order valence-electron chi connectivity index (χ3n) is 8.85. The minimum atomic E-state index is -0.779. The van der Waals surface area contributed by atoms with Gasteiger partial charge in [-0.1, -0.05) is 141 Å². The molecule has 0 saturated carbocycles. The molecule has 0 aliphatic heterocycles. The second-order valence-electron chi connectivity index (χ2n) is 14.9. The molecule has 0 bridgehead atoms. The van der Waals surface area contributed by atoms with E-state index in [1.165, 1.54) is 116 Å². The Morgan fingerprint density at radius 1 is 0.468 bits per heavy atom. The van der Waals surface area contributed by atoms with E-state index in [-0.39, 0.29) is 11.9 Å². The number of quaternary nitrogens is 1. The SMILES string of the molecule is CCCCCCCC/C=C/CCCCCCCC(=O)OC(CC[N+](C)(C)C)OC(=O)CCCCCCC/C=C/CCCCCCCC. The van der Waals surface area contributed by atoms with Crippen LogP contribution in [-0.2, 0) is 19.1 Å². The number of rotatable bonds is 35. The minimum Gasteiger partial charge on any atom is -0.425 e. The molecular formula is C42H80NO4+. The van der Waals surface area contributed by atoms with Crippen molar-refractivity contribution in [2.24, 2.45) is 0 Å². The van der Waals surface area contributed by atoms with Crippen molar-refractivity contribution in [2.45, 2.75) is 206 Å². The molecule has 0 atom stereocenters. The molecule has 47 heavy (non-hydrogen) atoms.